The van der Waals surface area contributed by atoms with Gasteiger partial charge in [-0.25, -0.2) is 0 Å². The topological polar surface area (TPSA) is 93.3 Å². The summed E-state index contributed by atoms with van der Waals surface area (Å²) < 4.78 is 10.5. The van der Waals surface area contributed by atoms with Crippen LogP contribution in [0.4, 0.5) is 5.69 Å². The van der Waals surface area contributed by atoms with Gasteiger partial charge in [0.1, 0.15) is 0 Å². The third-order valence-corrected chi connectivity index (χ3v) is 4.50. The van der Waals surface area contributed by atoms with E-state index in [4.69, 9.17) is 9.47 Å². The number of nitrogens with one attached hydrogen (secondary N) is 2. The molecule has 7 heteroatoms. The van der Waals surface area contributed by atoms with E-state index in [-0.39, 0.29) is 23.9 Å². The predicted octanol–water partition coefficient (Wildman–Crippen LogP) is 0.753. The number of anilines is 1. The van der Waals surface area contributed by atoms with E-state index < -0.39 is 11.8 Å². The molecular formula is C18H26N3O4+. The smallest absolute Gasteiger partial charge is 0.313 e. The van der Waals surface area contributed by atoms with Gasteiger partial charge in [-0.05, 0) is 39.8 Å². The van der Waals surface area contributed by atoms with Crippen molar-refractivity contribution in [3.63, 3.8) is 0 Å². The van der Waals surface area contributed by atoms with Gasteiger partial charge in [-0.15, -0.1) is 0 Å². The van der Waals surface area contributed by atoms with Gasteiger partial charge in [0.2, 0.25) is 6.79 Å². The average Bonchev–Trinajstić information content (AvgIpc) is 2.91. The first kappa shape index (κ1) is 17.5. The van der Waals surface area contributed by atoms with Crippen LogP contribution in [0.3, 0.4) is 0 Å². The van der Waals surface area contributed by atoms with Crippen molar-refractivity contribution in [2.24, 2.45) is 0 Å². The number of ether oxygens (including phenoxy) is 2. The molecule has 25 heavy (non-hydrogen) atoms. The predicted molar refractivity (Wildman–Crippen MR) is 92.4 cm³/mol. The number of piperidine rings is 1. The Morgan fingerprint density at radius 2 is 1.68 bits per heavy atom. The fraction of sp³-hybridized carbons (Fsp3) is 0.556. The van der Waals surface area contributed by atoms with Crippen LogP contribution >= 0.6 is 0 Å². The van der Waals surface area contributed by atoms with Crippen LogP contribution < -0.4 is 25.4 Å². The van der Waals surface area contributed by atoms with E-state index in [2.05, 4.69) is 43.6 Å². The van der Waals surface area contributed by atoms with Gasteiger partial charge in [-0.2, -0.15) is 0 Å². The molecule has 0 bridgehead atoms. The van der Waals surface area contributed by atoms with Crippen LogP contribution in [-0.4, -0.2) is 35.7 Å². The number of fused-ring (bicyclic) bond motifs is 1. The van der Waals surface area contributed by atoms with Crippen molar-refractivity contribution in [3.05, 3.63) is 18.2 Å². The maximum Gasteiger partial charge on any atom is 0.313 e. The van der Waals surface area contributed by atoms with Crippen molar-refractivity contribution in [1.82, 2.24) is 5.32 Å². The van der Waals surface area contributed by atoms with Gasteiger partial charge in [-0.3, -0.25) is 9.59 Å². The molecule has 7 nitrogen and oxygen atoms in total. The normalized spacial score (nSPS) is 20.8. The largest absolute Gasteiger partial charge is 0.454 e. The minimum absolute atomic E-state index is 0.0213. The lowest BCUT2D eigenvalue weighted by molar-refractivity contribution is -0.787. The van der Waals surface area contributed by atoms with Gasteiger partial charge >= 0.3 is 11.8 Å². The molecular weight excluding hydrogens is 322 g/mol. The highest BCUT2D eigenvalue weighted by Gasteiger charge is 2.42. The van der Waals surface area contributed by atoms with Crippen molar-refractivity contribution in [1.29, 1.82) is 0 Å². The van der Waals surface area contributed by atoms with Gasteiger partial charge in [-0.1, -0.05) is 0 Å². The van der Waals surface area contributed by atoms with Crippen molar-refractivity contribution in [2.75, 3.05) is 12.1 Å². The zero-order valence-corrected chi connectivity index (χ0v) is 15.1. The zero-order chi connectivity index (χ0) is 18.2. The monoisotopic (exact) mass is 348 g/mol. The molecule has 136 valence electrons. The number of hydrogen-bond donors (Lipinski definition) is 3. The maximum atomic E-state index is 12.3. The summed E-state index contributed by atoms with van der Waals surface area (Å²) in [4.78, 5) is 24.5. The second-order valence-corrected chi connectivity index (χ2v) is 8.22. The highest BCUT2D eigenvalue weighted by Crippen LogP contribution is 2.34. The van der Waals surface area contributed by atoms with Crippen LogP contribution in [0.2, 0.25) is 0 Å². The Kier molecular flexibility index (Phi) is 4.36. The van der Waals surface area contributed by atoms with Crippen molar-refractivity contribution < 1.29 is 24.4 Å². The van der Waals surface area contributed by atoms with Crippen molar-refractivity contribution >= 4 is 17.5 Å². The summed E-state index contributed by atoms with van der Waals surface area (Å²) in [5, 5.41) is 7.81. The van der Waals surface area contributed by atoms with E-state index in [9.17, 15) is 9.59 Å². The number of carbonyl (C=O) groups is 2. The number of amides is 2. The van der Waals surface area contributed by atoms with Gasteiger partial charge in [0, 0.05) is 30.6 Å². The first-order valence-corrected chi connectivity index (χ1v) is 8.52. The first-order valence-electron chi connectivity index (χ1n) is 8.52. The molecule has 0 aromatic heterocycles. The molecule has 0 atom stereocenters. The summed E-state index contributed by atoms with van der Waals surface area (Å²) in [7, 11) is 0. The molecule has 3 rings (SSSR count). The van der Waals surface area contributed by atoms with E-state index in [0.717, 1.165) is 12.8 Å². The standard InChI is InChI=1S/C18H25N3O4/c1-17(2)8-12(9-18(3,4)21-17)20-16(23)15(22)19-11-5-6-13-14(7-11)25-10-24-13/h5-7,12,21H,8-10H2,1-4H3,(H,19,22)(H,20,23)/p+1. The van der Waals surface area contributed by atoms with E-state index in [0.29, 0.717) is 17.2 Å². The number of hydrogen-bond acceptors (Lipinski definition) is 4. The Morgan fingerprint density at radius 1 is 1.04 bits per heavy atom. The van der Waals surface area contributed by atoms with Crippen LogP contribution in [0.15, 0.2) is 18.2 Å². The third kappa shape index (κ3) is 4.22. The molecule has 4 N–H and O–H groups in total. The summed E-state index contributed by atoms with van der Waals surface area (Å²) in [6.45, 7) is 8.77. The molecule has 1 saturated heterocycles. The molecule has 1 aromatic rings. The summed E-state index contributed by atoms with van der Waals surface area (Å²) in [5.74, 6) is -0.102. The van der Waals surface area contributed by atoms with Crippen molar-refractivity contribution in [2.45, 2.75) is 57.7 Å². The van der Waals surface area contributed by atoms with Crippen LogP contribution in [0.5, 0.6) is 11.5 Å². The molecule has 2 amide bonds. The molecule has 0 unspecified atom stereocenters. The van der Waals surface area contributed by atoms with E-state index in [1.54, 1.807) is 18.2 Å². The minimum atomic E-state index is -0.677. The van der Waals surface area contributed by atoms with E-state index >= 15 is 0 Å². The maximum absolute atomic E-state index is 12.3. The summed E-state index contributed by atoms with van der Waals surface area (Å²) >= 11 is 0. The number of nitrogens with two attached hydrogens (primary N) is 1. The molecule has 2 aliphatic rings. The van der Waals surface area contributed by atoms with Crippen LogP contribution in [0, 0.1) is 0 Å². The number of rotatable bonds is 2. The van der Waals surface area contributed by atoms with Crippen LogP contribution in [0.1, 0.15) is 40.5 Å². The number of quaternary nitrogens is 1. The Morgan fingerprint density at radius 3 is 2.36 bits per heavy atom. The van der Waals surface area contributed by atoms with E-state index in [1.807, 2.05) is 0 Å². The van der Waals surface area contributed by atoms with Gasteiger partial charge in [0.25, 0.3) is 0 Å². The van der Waals surface area contributed by atoms with Gasteiger partial charge in [0.15, 0.2) is 11.5 Å². The summed E-state index contributed by atoms with van der Waals surface area (Å²) in [6, 6.07) is 5.01. The lowest BCUT2D eigenvalue weighted by Gasteiger charge is -2.43. The Bertz CT molecular complexity index is 684. The SMILES string of the molecule is CC1(C)CC(NC(=O)C(=O)Nc2ccc3c(c2)OCO3)CC(C)(C)[NH2+]1. The molecule has 0 saturated carbocycles. The molecule has 1 aromatic carbocycles. The van der Waals surface area contributed by atoms with Crippen molar-refractivity contribution in [3.8, 4) is 11.5 Å². The highest BCUT2D eigenvalue weighted by atomic mass is 16.7. The molecule has 0 aliphatic carbocycles. The highest BCUT2D eigenvalue weighted by molar-refractivity contribution is 6.39. The second-order valence-electron chi connectivity index (χ2n) is 8.22. The third-order valence-electron chi connectivity index (χ3n) is 4.50. The van der Waals surface area contributed by atoms with E-state index in [1.165, 1.54) is 0 Å². The lowest BCUT2D eigenvalue weighted by atomic mass is 9.79. The van der Waals surface area contributed by atoms with Gasteiger partial charge in [0.05, 0.1) is 11.1 Å². The summed E-state index contributed by atoms with van der Waals surface area (Å²) in [6.07, 6.45) is 1.64. The fourth-order valence-electron chi connectivity index (χ4n) is 4.03. The van der Waals surface area contributed by atoms with Gasteiger partial charge < -0.3 is 25.4 Å². The molecule has 0 radical (unpaired) electrons. The first-order chi connectivity index (χ1) is 11.6. The Hall–Kier alpha value is -2.28. The molecule has 2 aliphatic heterocycles. The number of benzene rings is 1. The average molecular weight is 348 g/mol. The minimum Gasteiger partial charge on any atom is -0.454 e. The van der Waals surface area contributed by atoms with Crippen LogP contribution in [0.25, 0.3) is 0 Å². The zero-order valence-electron chi connectivity index (χ0n) is 15.1. The Labute approximate surface area is 147 Å². The summed E-state index contributed by atoms with van der Waals surface area (Å²) in [5.41, 5.74) is 0.545. The molecule has 0 spiro atoms. The molecule has 2 heterocycles. The fourth-order valence-corrected chi connectivity index (χ4v) is 4.03. The lowest BCUT2D eigenvalue weighted by Crippen LogP contribution is -3.06. The quantitative estimate of drug-likeness (QED) is 0.688. The molecule has 1 fully saturated rings. The second kappa shape index (κ2) is 6.22. The van der Waals surface area contributed by atoms with Crippen LogP contribution in [-0.2, 0) is 9.59 Å². The number of carbonyl (C=O) groups excluding carboxylic acids is 2. The Balaban J connectivity index is 1.60.